The summed E-state index contributed by atoms with van der Waals surface area (Å²) in [4.78, 5) is 24.3. The first-order valence-corrected chi connectivity index (χ1v) is 6.94. The van der Waals surface area contributed by atoms with Gasteiger partial charge in [-0.25, -0.2) is 9.37 Å². The molecule has 1 fully saturated rings. The molecule has 1 aromatic heterocycles. The molecule has 7 heteroatoms. The minimum atomic E-state index is -0.568. The number of hydrogen-bond donors (Lipinski definition) is 1. The first kappa shape index (κ1) is 14.2. The molecular formula is C15H15FN4O2. The van der Waals surface area contributed by atoms with Crippen molar-refractivity contribution in [3.8, 4) is 5.75 Å². The number of nitrogens with zero attached hydrogens (tertiary/aromatic N) is 4. The lowest BCUT2D eigenvalue weighted by Crippen LogP contribution is -2.49. The van der Waals surface area contributed by atoms with Crippen LogP contribution in [-0.4, -0.2) is 52.1 Å². The van der Waals surface area contributed by atoms with Crippen LogP contribution in [0.3, 0.4) is 0 Å². The van der Waals surface area contributed by atoms with E-state index in [9.17, 15) is 14.3 Å². The van der Waals surface area contributed by atoms with Gasteiger partial charge < -0.3 is 14.9 Å². The van der Waals surface area contributed by atoms with Crippen LogP contribution in [0.25, 0.3) is 0 Å². The van der Waals surface area contributed by atoms with Crippen LogP contribution >= 0.6 is 0 Å². The van der Waals surface area contributed by atoms with Crippen LogP contribution in [0, 0.1) is 5.82 Å². The summed E-state index contributed by atoms with van der Waals surface area (Å²) in [7, 11) is 0. The molecule has 6 nitrogen and oxygen atoms in total. The molecule has 1 aliphatic heterocycles. The Morgan fingerprint density at radius 1 is 1.18 bits per heavy atom. The maximum Gasteiger partial charge on any atom is 0.257 e. The van der Waals surface area contributed by atoms with Crippen molar-refractivity contribution < 1.29 is 14.3 Å². The Bertz CT molecular complexity index is 672. The van der Waals surface area contributed by atoms with Gasteiger partial charge in [-0.05, 0) is 12.1 Å². The zero-order valence-electron chi connectivity index (χ0n) is 11.8. The van der Waals surface area contributed by atoms with Crippen molar-refractivity contribution in [3.05, 3.63) is 48.2 Å². The second-order valence-corrected chi connectivity index (χ2v) is 5.00. The number of benzene rings is 1. The van der Waals surface area contributed by atoms with Gasteiger partial charge >= 0.3 is 0 Å². The molecule has 1 N–H and O–H groups in total. The Labute approximate surface area is 126 Å². The van der Waals surface area contributed by atoms with Crippen LogP contribution in [-0.2, 0) is 0 Å². The van der Waals surface area contributed by atoms with Crippen LogP contribution in [0.1, 0.15) is 10.4 Å². The lowest BCUT2D eigenvalue weighted by Gasteiger charge is -2.35. The molecular weight excluding hydrogens is 287 g/mol. The molecule has 1 aliphatic rings. The predicted molar refractivity (Wildman–Crippen MR) is 78.2 cm³/mol. The van der Waals surface area contributed by atoms with Gasteiger partial charge in [0.25, 0.3) is 5.91 Å². The van der Waals surface area contributed by atoms with E-state index in [-0.39, 0.29) is 17.2 Å². The molecule has 0 radical (unpaired) electrons. The van der Waals surface area contributed by atoms with E-state index in [4.69, 9.17) is 0 Å². The van der Waals surface area contributed by atoms with Crippen LogP contribution in [0.4, 0.5) is 10.2 Å². The summed E-state index contributed by atoms with van der Waals surface area (Å²) in [6.45, 7) is 2.28. The Balaban J connectivity index is 1.67. The summed E-state index contributed by atoms with van der Waals surface area (Å²) in [5.41, 5.74) is 0.120. The average Bonchev–Trinajstić information content (AvgIpc) is 2.55. The van der Waals surface area contributed by atoms with Crippen LogP contribution < -0.4 is 4.90 Å². The summed E-state index contributed by atoms with van der Waals surface area (Å²) < 4.78 is 13.0. The first-order valence-electron chi connectivity index (χ1n) is 6.94. The monoisotopic (exact) mass is 302 g/mol. The summed E-state index contributed by atoms with van der Waals surface area (Å²) >= 11 is 0. The minimum absolute atomic E-state index is 0.120. The second kappa shape index (κ2) is 5.97. The van der Waals surface area contributed by atoms with Crippen LogP contribution in [0.2, 0.25) is 0 Å². The maximum atomic E-state index is 13.0. The number of carbonyl (C=O) groups excluding carboxylic acids is 1. The van der Waals surface area contributed by atoms with Crippen molar-refractivity contribution in [2.45, 2.75) is 0 Å². The van der Waals surface area contributed by atoms with Gasteiger partial charge in [-0.1, -0.05) is 0 Å². The van der Waals surface area contributed by atoms with Crippen molar-refractivity contribution in [1.82, 2.24) is 14.9 Å². The van der Waals surface area contributed by atoms with E-state index < -0.39 is 5.82 Å². The molecule has 0 spiro atoms. The summed E-state index contributed by atoms with van der Waals surface area (Å²) in [6, 6.07) is 3.42. The lowest BCUT2D eigenvalue weighted by molar-refractivity contribution is 0.0743. The Morgan fingerprint density at radius 3 is 2.59 bits per heavy atom. The number of anilines is 1. The molecule has 0 atom stereocenters. The van der Waals surface area contributed by atoms with Crippen molar-refractivity contribution in [3.63, 3.8) is 0 Å². The molecule has 1 saturated heterocycles. The molecule has 2 aromatic rings. The highest BCUT2D eigenvalue weighted by Gasteiger charge is 2.24. The van der Waals surface area contributed by atoms with Crippen molar-refractivity contribution in [2.24, 2.45) is 0 Å². The molecule has 1 amide bonds. The third kappa shape index (κ3) is 2.83. The van der Waals surface area contributed by atoms with E-state index in [1.54, 1.807) is 23.5 Å². The number of rotatable bonds is 2. The fourth-order valence-electron chi connectivity index (χ4n) is 2.45. The fourth-order valence-corrected chi connectivity index (χ4v) is 2.45. The third-order valence-electron chi connectivity index (χ3n) is 3.63. The number of halogens is 1. The highest BCUT2D eigenvalue weighted by Crippen LogP contribution is 2.21. The molecule has 0 saturated carbocycles. The number of phenolic OH excluding ortho intramolecular Hbond substituents is 1. The lowest BCUT2D eigenvalue weighted by atomic mass is 10.1. The van der Waals surface area contributed by atoms with Gasteiger partial charge in [0.15, 0.2) is 0 Å². The third-order valence-corrected chi connectivity index (χ3v) is 3.63. The highest BCUT2D eigenvalue weighted by atomic mass is 19.1. The van der Waals surface area contributed by atoms with Gasteiger partial charge in [0.05, 0.1) is 11.8 Å². The molecule has 0 bridgehead atoms. The van der Waals surface area contributed by atoms with Gasteiger partial charge in [0, 0.05) is 44.6 Å². The largest absolute Gasteiger partial charge is 0.507 e. The zero-order valence-corrected chi connectivity index (χ0v) is 11.8. The van der Waals surface area contributed by atoms with E-state index in [1.807, 2.05) is 4.90 Å². The Kier molecular flexibility index (Phi) is 3.86. The average molecular weight is 302 g/mol. The van der Waals surface area contributed by atoms with Crippen LogP contribution in [0.5, 0.6) is 5.75 Å². The Morgan fingerprint density at radius 2 is 1.95 bits per heavy atom. The van der Waals surface area contributed by atoms with E-state index in [1.165, 1.54) is 12.1 Å². The van der Waals surface area contributed by atoms with Crippen molar-refractivity contribution in [2.75, 3.05) is 31.1 Å². The molecule has 0 unspecified atom stereocenters. The smallest absolute Gasteiger partial charge is 0.257 e. The summed E-state index contributed by atoms with van der Waals surface area (Å²) in [5, 5.41) is 9.71. The maximum absolute atomic E-state index is 13.0. The van der Waals surface area contributed by atoms with E-state index in [0.717, 1.165) is 11.9 Å². The number of aromatic hydroxyl groups is 1. The zero-order chi connectivity index (χ0) is 15.5. The van der Waals surface area contributed by atoms with Gasteiger partial charge in [-0.2, -0.15) is 0 Å². The van der Waals surface area contributed by atoms with E-state index in [0.29, 0.717) is 26.2 Å². The Hall–Kier alpha value is -2.70. The first-order chi connectivity index (χ1) is 10.6. The molecule has 3 rings (SSSR count). The number of amides is 1. The number of phenols is 1. The predicted octanol–water partition coefficient (Wildman–Crippen LogP) is 1.28. The number of carbonyl (C=O) groups is 1. The number of aromatic nitrogens is 2. The van der Waals surface area contributed by atoms with Gasteiger partial charge in [0.1, 0.15) is 17.4 Å². The quantitative estimate of drug-likeness (QED) is 0.905. The fraction of sp³-hybridized carbons (Fsp3) is 0.267. The van der Waals surface area contributed by atoms with E-state index in [2.05, 4.69) is 9.97 Å². The second-order valence-electron chi connectivity index (χ2n) is 5.00. The topological polar surface area (TPSA) is 69.6 Å². The standard InChI is InChI=1S/C15H15FN4O2/c16-11-1-2-12(13(21)9-11)15(22)20-7-5-19(6-8-20)14-10-17-3-4-18-14/h1-4,9-10,21H,5-8H2. The molecule has 0 aliphatic carbocycles. The molecule has 22 heavy (non-hydrogen) atoms. The van der Waals surface area contributed by atoms with E-state index >= 15 is 0 Å². The molecule has 114 valence electrons. The van der Waals surface area contributed by atoms with Gasteiger partial charge in [0.2, 0.25) is 0 Å². The summed E-state index contributed by atoms with van der Waals surface area (Å²) in [6.07, 6.45) is 4.92. The van der Waals surface area contributed by atoms with Crippen molar-refractivity contribution >= 4 is 11.7 Å². The summed E-state index contributed by atoms with van der Waals surface area (Å²) in [5.74, 6) is -0.418. The normalized spacial score (nSPS) is 15.0. The molecule has 1 aromatic carbocycles. The highest BCUT2D eigenvalue weighted by molar-refractivity contribution is 5.96. The van der Waals surface area contributed by atoms with Crippen LogP contribution in [0.15, 0.2) is 36.8 Å². The SMILES string of the molecule is O=C(c1ccc(F)cc1O)N1CCN(c2cnccn2)CC1. The number of hydrogen-bond acceptors (Lipinski definition) is 5. The molecule has 2 heterocycles. The minimum Gasteiger partial charge on any atom is -0.507 e. The number of piperazine rings is 1. The van der Waals surface area contributed by atoms with Gasteiger partial charge in [-0.15, -0.1) is 0 Å². The van der Waals surface area contributed by atoms with Crippen molar-refractivity contribution in [1.29, 1.82) is 0 Å². The van der Waals surface area contributed by atoms with Gasteiger partial charge in [-0.3, -0.25) is 9.78 Å².